The molecule has 2 atom stereocenters. The van der Waals surface area contributed by atoms with Crippen molar-refractivity contribution >= 4 is 17.7 Å². The second-order valence-corrected chi connectivity index (χ2v) is 6.64. The molecule has 0 bridgehead atoms. The summed E-state index contributed by atoms with van der Waals surface area (Å²) in [6.07, 6.45) is 5.04. The summed E-state index contributed by atoms with van der Waals surface area (Å²) in [4.78, 5) is 21.5. The number of aromatic nitrogens is 2. The van der Waals surface area contributed by atoms with Crippen molar-refractivity contribution in [3.8, 4) is 0 Å². The van der Waals surface area contributed by atoms with Crippen molar-refractivity contribution in [2.45, 2.75) is 43.6 Å². The standard InChI is InChI=1S/C15H20N2O2S/c1-4-19-14(18)15(7-10-5-11(10)8-15)12-6-13(20-3)17-9(2)16-12/h6,10-11H,4-5,7-8H2,1-3H3. The van der Waals surface area contributed by atoms with E-state index in [4.69, 9.17) is 4.74 Å². The molecule has 20 heavy (non-hydrogen) atoms. The normalized spacial score (nSPS) is 30.9. The van der Waals surface area contributed by atoms with E-state index in [1.807, 2.05) is 26.2 Å². The molecule has 0 spiro atoms. The van der Waals surface area contributed by atoms with Gasteiger partial charge in [0.2, 0.25) is 0 Å². The molecule has 2 aliphatic rings. The van der Waals surface area contributed by atoms with Gasteiger partial charge >= 0.3 is 5.97 Å². The van der Waals surface area contributed by atoms with E-state index in [9.17, 15) is 4.79 Å². The number of aryl methyl sites for hydroxylation is 1. The fraction of sp³-hybridized carbons (Fsp3) is 0.667. The maximum absolute atomic E-state index is 12.6. The molecule has 1 heterocycles. The van der Waals surface area contributed by atoms with E-state index in [-0.39, 0.29) is 5.97 Å². The molecule has 0 saturated heterocycles. The van der Waals surface area contributed by atoms with Crippen molar-refractivity contribution in [1.82, 2.24) is 9.97 Å². The van der Waals surface area contributed by atoms with Crippen LogP contribution in [-0.2, 0) is 14.9 Å². The first-order valence-corrected chi connectivity index (χ1v) is 8.39. The SMILES string of the molecule is CCOC(=O)C1(c2cc(SC)nc(C)n2)CC2CC2C1. The minimum atomic E-state index is -0.526. The molecular weight excluding hydrogens is 272 g/mol. The highest BCUT2D eigenvalue weighted by Gasteiger charge is 2.59. The Hall–Kier alpha value is -1.10. The van der Waals surface area contributed by atoms with Gasteiger partial charge in [-0.3, -0.25) is 4.79 Å². The minimum absolute atomic E-state index is 0.0997. The molecule has 0 N–H and O–H groups in total. The first-order valence-electron chi connectivity index (χ1n) is 7.16. The minimum Gasteiger partial charge on any atom is -0.465 e. The predicted octanol–water partition coefficient (Wildman–Crippen LogP) is 2.74. The van der Waals surface area contributed by atoms with Crippen LogP contribution in [0, 0.1) is 18.8 Å². The van der Waals surface area contributed by atoms with Crippen LogP contribution < -0.4 is 0 Å². The van der Waals surface area contributed by atoms with E-state index < -0.39 is 5.41 Å². The summed E-state index contributed by atoms with van der Waals surface area (Å²) in [6.45, 7) is 4.17. The van der Waals surface area contributed by atoms with Crippen LogP contribution >= 0.6 is 11.8 Å². The van der Waals surface area contributed by atoms with E-state index in [2.05, 4.69) is 9.97 Å². The van der Waals surface area contributed by atoms with Crippen molar-refractivity contribution in [2.75, 3.05) is 12.9 Å². The van der Waals surface area contributed by atoms with E-state index >= 15 is 0 Å². The van der Waals surface area contributed by atoms with Gasteiger partial charge < -0.3 is 4.74 Å². The molecule has 108 valence electrons. The Balaban J connectivity index is 2.01. The molecule has 0 radical (unpaired) electrons. The van der Waals surface area contributed by atoms with Gasteiger partial charge in [0.15, 0.2) is 0 Å². The van der Waals surface area contributed by atoms with Crippen LogP contribution in [0.2, 0.25) is 0 Å². The van der Waals surface area contributed by atoms with Gasteiger partial charge in [-0.2, -0.15) is 0 Å². The van der Waals surface area contributed by atoms with Crippen molar-refractivity contribution in [3.05, 3.63) is 17.6 Å². The Morgan fingerprint density at radius 1 is 1.45 bits per heavy atom. The fourth-order valence-corrected chi connectivity index (χ4v) is 3.88. The molecule has 1 aromatic heterocycles. The Morgan fingerprint density at radius 2 is 2.15 bits per heavy atom. The van der Waals surface area contributed by atoms with Crippen LogP contribution in [0.4, 0.5) is 0 Å². The van der Waals surface area contributed by atoms with E-state index in [1.165, 1.54) is 6.42 Å². The molecule has 1 aromatic rings. The largest absolute Gasteiger partial charge is 0.465 e. The highest BCUT2D eigenvalue weighted by Crippen LogP contribution is 2.60. The average molecular weight is 292 g/mol. The number of hydrogen-bond donors (Lipinski definition) is 0. The van der Waals surface area contributed by atoms with Crippen LogP contribution in [0.25, 0.3) is 0 Å². The summed E-state index contributed by atoms with van der Waals surface area (Å²) in [6, 6.07) is 1.97. The molecule has 0 aromatic carbocycles. The molecule has 0 aliphatic heterocycles. The number of thioether (sulfide) groups is 1. The lowest BCUT2D eigenvalue weighted by Crippen LogP contribution is -2.37. The third-order valence-electron chi connectivity index (χ3n) is 4.47. The quantitative estimate of drug-likeness (QED) is 0.485. The number of ether oxygens (including phenoxy) is 1. The lowest BCUT2D eigenvalue weighted by atomic mass is 9.79. The maximum atomic E-state index is 12.6. The smallest absolute Gasteiger partial charge is 0.318 e. The number of rotatable bonds is 4. The zero-order valence-corrected chi connectivity index (χ0v) is 13.0. The molecule has 3 rings (SSSR count). The summed E-state index contributed by atoms with van der Waals surface area (Å²) in [5.41, 5.74) is 0.335. The number of nitrogens with zero attached hydrogens (tertiary/aromatic N) is 2. The highest BCUT2D eigenvalue weighted by atomic mass is 32.2. The van der Waals surface area contributed by atoms with Gasteiger partial charge in [-0.1, -0.05) is 0 Å². The Labute approximate surface area is 123 Å². The zero-order chi connectivity index (χ0) is 14.3. The molecule has 2 fully saturated rings. The maximum Gasteiger partial charge on any atom is 0.318 e. The second kappa shape index (κ2) is 5.02. The van der Waals surface area contributed by atoms with Gasteiger partial charge in [0.25, 0.3) is 0 Å². The van der Waals surface area contributed by atoms with Gasteiger partial charge in [0.05, 0.1) is 17.3 Å². The topological polar surface area (TPSA) is 52.1 Å². The summed E-state index contributed by atoms with van der Waals surface area (Å²) in [7, 11) is 0. The summed E-state index contributed by atoms with van der Waals surface area (Å²) in [5, 5.41) is 0.928. The number of fused-ring (bicyclic) bond motifs is 1. The Kier molecular flexibility index (Phi) is 3.48. The van der Waals surface area contributed by atoms with Crippen LogP contribution in [0.15, 0.2) is 11.1 Å². The third kappa shape index (κ3) is 2.22. The van der Waals surface area contributed by atoms with Crippen LogP contribution in [0.3, 0.4) is 0 Å². The molecular formula is C15H20N2O2S. The molecule has 2 saturated carbocycles. The molecule has 0 amide bonds. The summed E-state index contributed by atoms with van der Waals surface area (Å²) < 4.78 is 5.36. The van der Waals surface area contributed by atoms with Gasteiger partial charge in [-0.05, 0) is 57.3 Å². The fourth-order valence-electron chi connectivity index (χ4n) is 3.43. The van der Waals surface area contributed by atoms with Crippen LogP contribution in [-0.4, -0.2) is 28.8 Å². The van der Waals surface area contributed by atoms with E-state index in [0.717, 1.165) is 29.4 Å². The van der Waals surface area contributed by atoms with Gasteiger partial charge in [0.1, 0.15) is 11.2 Å². The average Bonchev–Trinajstić information content (AvgIpc) is 3.05. The predicted molar refractivity (Wildman–Crippen MR) is 77.7 cm³/mol. The van der Waals surface area contributed by atoms with Crippen molar-refractivity contribution in [3.63, 3.8) is 0 Å². The molecule has 2 unspecified atom stereocenters. The third-order valence-corrected chi connectivity index (χ3v) is 5.10. The second-order valence-electron chi connectivity index (χ2n) is 5.81. The summed E-state index contributed by atoms with van der Waals surface area (Å²) in [5.74, 6) is 2.01. The van der Waals surface area contributed by atoms with Crippen molar-refractivity contribution < 1.29 is 9.53 Å². The van der Waals surface area contributed by atoms with E-state index in [0.29, 0.717) is 18.4 Å². The zero-order valence-electron chi connectivity index (χ0n) is 12.2. The van der Waals surface area contributed by atoms with Crippen molar-refractivity contribution in [1.29, 1.82) is 0 Å². The highest BCUT2D eigenvalue weighted by molar-refractivity contribution is 7.98. The molecule has 4 nitrogen and oxygen atoms in total. The Bertz CT molecular complexity index is 537. The van der Waals surface area contributed by atoms with Gasteiger partial charge in [-0.25, -0.2) is 9.97 Å². The first kappa shape index (κ1) is 13.9. The van der Waals surface area contributed by atoms with Gasteiger partial charge in [0, 0.05) is 0 Å². The summed E-state index contributed by atoms with van der Waals surface area (Å²) >= 11 is 1.59. The Morgan fingerprint density at radius 3 is 2.75 bits per heavy atom. The van der Waals surface area contributed by atoms with Crippen LogP contribution in [0.1, 0.15) is 37.7 Å². The monoisotopic (exact) mass is 292 g/mol. The molecule has 5 heteroatoms. The van der Waals surface area contributed by atoms with Crippen molar-refractivity contribution in [2.24, 2.45) is 11.8 Å². The van der Waals surface area contributed by atoms with E-state index in [1.54, 1.807) is 11.8 Å². The lowest BCUT2D eigenvalue weighted by Gasteiger charge is -2.28. The number of carbonyl (C=O) groups excluding carboxylic acids is 1. The number of esters is 1. The molecule has 2 aliphatic carbocycles. The lowest BCUT2D eigenvalue weighted by molar-refractivity contribution is -0.150. The number of hydrogen-bond acceptors (Lipinski definition) is 5. The first-order chi connectivity index (χ1) is 9.59. The van der Waals surface area contributed by atoms with Gasteiger partial charge in [-0.15, -0.1) is 11.8 Å². The number of carbonyl (C=O) groups is 1. The van der Waals surface area contributed by atoms with Crippen LogP contribution in [0.5, 0.6) is 0 Å².